The van der Waals surface area contributed by atoms with E-state index in [0.29, 0.717) is 17.0 Å². The first-order chi connectivity index (χ1) is 14.0. The summed E-state index contributed by atoms with van der Waals surface area (Å²) >= 11 is 0. The number of urea groups is 1. The number of carbonyl (C=O) groups excluding carboxylic acids is 3. The smallest absolute Gasteiger partial charge is 0.338 e. The van der Waals surface area contributed by atoms with Crippen molar-refractivity contribution in [1.29, 1.82) is 0 Å². The summed E-state index contributed by atoms with van der Waals surface area (Å²) in [7, 11) is 1.54. The van der Waals surface area contributed by atoms with Crippen LogP contribution in [0.3, 0.4) is 0 Å². The normalized spacial score (nSPS) is 10.0. The van der Waals surface area contributed by atoms with Crippen molar-refractivity contribution in [2.45, 2.75) is 13.8 Å². The Kier molecular flexibility index (Phi) is 8.02. The lowest BCUT2D eigenvalue weighted by molar-refractivity contribution is -0.123. The van der Waals surface area contributed by atoms with Crippen LogP contribution in [-0.2, 0) is 9.53 Å². The first-order valence-electron chi connectivity index (χ1n) is 9.23. The number of benzene rings is 2. The summed E-state index contributed by atoms with van der Waals surface area (Å²) < 4.78 is 9.99. The Morgan fingerprint density at radius 2 is 1.55 bits per heavy atom. The van der Waals surface area contributed by atoms with Gasteiger partial charge in [0.25, 0.3) is 5.91 Å². The van der Waals surface area contributed by atoms with Gasteiger partial charge in [-0.1, -0.05) is 0 Å². The zero-order valence-corrected chi connectivity index (χ0v) is 16.7. The molecule has 0 aromatic heterocycles. The van der Waals surface area contributed by atoms with Gasteiger partial charge in [0.15, 0.2) is 6.61 Å². The topological polar surface area (TPSA) is 97.0 Å². The Morgan fingerprint density at radius 3 is 2.10 bits per heavy atom. The fourth-order valence-electron chi connectivity index (χ4n) is 2.61. The third-order valence-electron chi connectivity index (χ3n) is 4.17. The SMILES string of the molecule is CCN(CC)c1ccc(C(=O)OCC(=O)NC(=O)Nc2ccc(OC)cc2)cc1. The molecular formula is C21H25N3O5. The molecule has 0 saturated heterocycles. The number of esters is 1. The lowest BCUT2D eigenvalue weighted by atomic mass is 10.2. The Morgan fingerprint density at radius 1 is 0.931 bits per heavy atom. The van der Waals surface area contributed by atoms with Crippen molar-refractivity contribution in [3.63, 3.8) is 0 Å². The highest BCUT2D eigenvalue weighted by Gasteiger charge is 2.13. The monoisotopic (exact) mass is 399 g/mol. The summed E-state index contributed by atoms with van der Waals surface area (Å²) in [4.78, 5) is 37.9. The molecule has 3 amide bonds. The van der Waals surface area contributed by atoms with Crippen LogP contribution >= 0.6 is 0 Å². The number of nitrogens with zero attached hydrogens (tertiary/aromatic N) is 1. The molecule has 0 aliphatic rings. The fourth-order valence-corrected chi connectivity index (χ4v) is 2.61. The van der Waals surface area contributed by atoms with E-state index in [9.17, 15) is 14.4 Å². The van der Waals surface area contributed by atoms with E-state index in [2.05, 4.69) is 29.4 Å². The second-order valence-electron chi connectivity index (χ2n) is 6.03. The Labute approximate surface area is 169 Å². The van der Waals surface area contributed by atoms with Crippen LogP contribution in [0.25, 0.3) is 0 Å². The lowest BCUT2D eigenvalue weighted by Crippen LogP contribution is -2.37. The zero-order valence-electron chi connectivity index (χ0n) is 16.7. The molecule has 2 rings (SSSR count). The number of imide groups is 1. The molecule has 8 nitrogen and oxygen atoms in total. The maximum absolute atomic E-state index is 12.1. The van der Waals surface area contributed by atoms with E-state index < -0.39 is 24.5 Å². The van der Waals surface area contributed by atoms with E-state index in [1.165, 1.54) is 7.11 Å². The van der Waals surface area contributed by atoms with E-state index in [1.807, 2.05) is 12.1 Å². The average molecular weight is 399 g/mol. The fraction of sp³-hybridized carbons (Fsp3) is 0.286. The van der Waals surface area contributed by atoms with E-state index in [0.717, 1.165) is 18.8 Å². The predicted octanol–water partition coefficient (Wildman–Crippen LogP) is 3.05. The van der Waals surface area contributed by atoms with Crippen LogP contribution in [0.4, 0.5) is 16.2 Å². The highest BCUT2D eigenvalue weighted by Crippen LogP contribution is 2.16. The van der Waals surface area contributed by atoms with Gasteiger partial charge in [0, 0.05) is 24.5 Å². The van der Waals surface area contributed by atoms with Crippen LogP contribution in [0.1, 0.15) is 24.2 Å². The molecule has 0 heterocycles. The van der Waals surface area contributed by atoms with Crippen LogP contribution in [0, 0.1) is 0 Å². The largest absolute Gasteiger partial charge is 0.497 e. The summed E-state index contributed by atoms with van der Waals surface area (Å²) in [5, 5.41) is 4.60. The van der Waals surface area contributed by atoms with E-state index in [-0.39, 0.29) is 0 Å². The minimum absolute atomic E-state index is 0.330. The number of rotatable bonds is 8. The van der Waals surface area contributed by atoms with Gasteiger partial charge >= 0.3 is 12.0 Å². The van der Waals surface area contributed by atoms with Crippen molar-refractivity contribution >= 4 is 29.3 Å². The molecule has 0 fully saturated rings. The highest BCUT2D eigenvalue weighted by molar-refractivity contribution is 6.02. The van der Waals surface area contributed by atoms with Gasteiger partial charge in [-0.2, -0.15) is 0 Å². The second-order valence-corrected chi connectivity index (χ2v) is 6.03. The number of ether oxygens (including phenoxy) is 2. The Balaban J connectivity index is 1.80. The van der Waals surface area contributed by atoms with Crippen molar-refractivity contribution < 1.29 is 23.9 Å². The molecule has 8 heteroatoms. The van der Waals surface area contributed by atoms with E-state index >= 15 is 0 Å². The molecule has 0 spiro atoms. The summed E-state index contributed by atoms with van der Waals surface area (Å²) in [6, 6.07) is 12.8. The molecule has 2 N–H and O–H groups in total. The van der Waals surface area contributed by atoms with Gasteiger partial charge in [0.05, 0.1) is 12.7 Å². The molecule has 2 aromatic carbocycles. The van der Waals surface area contributed by atoms with Gasteiger partial charge in [0.1, 0.15) is 5.75 Å². The second kappa shape index (κ2) is 10.7. The highest BCUT2D eigenvalue weighted by atomic mass is 16.5. The number of hydrogen-bond donors (Lipinski definition) is 2. The van der Waals surface area contributed by atoms with Crippen molar-refractivity contribution in [3.8, 4) is 5.75 Å². The zero-order chi connectivity index (χ0) is 21.2. The number of methoxy groups -OCH3 is 1. The van der Waals surface area contributed by atoms with Crippen molar-refractivity contribution in [2.75, 3.05) is 37.0 Å². The molecule has 2 aromatic rings. The number of carbonyl (C=O) groups is 3. The molecule has 0 bridgehead atoms. The predicted molar refractivity (Wildman–Crippen MR) is 110 cm³/mol. The molecule has 0 saturated carbocycles. The van der Waals surface area contributed by atoms with Crippen LogP contribution < -0.4 is 20.3 Å². The first kappa shape index (κ1) is 21.7. The summed E-state index contributed by atoms with van der Waals surface area (Å²) in [5.74, 6) is -0.727. The molecule has 0 unspecified atom stereocenters. The molecule has 29 heavy (non-hydrogen) atoms. The van der Waals surface area contributed by atoms with Gasteiger partial charge in [-0.05, 0) is 62.4 Å². The van der Waals surface area contributed by atoms with Gasteiger partial charge < -0.3 is 19.7 Å². The van der Waals surface area contributed by atoms with Crippen molar-refractivity contribution in [2.24, 2.45) is 0 Å². The maximum atomic E-state index is 12.1. The molecule has 0 aliphatic carbocycles. The van der Waals surface area contributed by atoms with E-state index in [4.69, 9.17) is 9.47 Å². The molecule has 0 radical (unpaired) electrons. The van der Waals surface area contributed by atoms with Gasteiger partial charge in [-0.25, -0.2) is 9.59 Å². The summed E-state index contributed by atoms with van der Waals surface area (Å²) in [5.41, 5.74) is 1.82. The quantitative estimate of drug-likeness (QED) is 0.662. The maximum Gasteiger partial charge on any atom is 0.338 e. The van der Waals surface area contributed by atoms with E-state index in [1.54, 1.807) is 36.4 Å². The average Bonchev–Trinajstić information content (AvgIpc) is 2.74. The number of hydrogen-bond acceptors (Lipinski definition) is 6. The lowest BCUT2D eigenvalue weighted by Gasteiger charge is -2.20. The molecule has 0 atom stereocenters. The van der Waals surface area contributed by atoms with Gasteiger partial charge in [-0.15, -0.1) is 0 Å². The molecule has 154 valence electrons. The van der Waals surface area contributed by atoms with Crippen LogP contribution in [0.15, 0.2) is 48.5 Å². The molecule has 0 aliphatic heterocycles. The number of amides is 3. The third kappa shape index (κ3) is 6.53. The third-order valence-corrected chi connectivity index (χ3v) is 4.17. The number of nitrogens with one attached hydrogen (secondary N) is 2. The number of anilines is 2. The first-order valence-corrected chi connectivity index (χ1v) is 9.23. The van der Waals surface area contributed by atoms with Gasteiger partial charge in [0.2, 0.25) is 0 Å². The van der Waals surface area contributed by atoms with Crippen LogP contribution in [-0.4, -0.2) is 44.7 Å². The van der Waals surface area contributed by atoms with Crippen LogP contribution in [0.5, 0.6) is 5.75 Å². The van der Waals surface area contributed by atoms with Crippen molar-refractivity contribution in [3.05, 3.63) is 54.1 Å². The molecular weight excluding hydrogens is 374 g/mol. The minimum Gasteiger partial charge on any atom is -0.497 e. The summed E-state index contributed by atoms with van der Waals surface area (Å²) in [6.07, 6.45) is 0. The summed E-state index contributed by atoms with van der Waals surface area (Å²) in [6.45, 7) is 5.26. The Bertz CT molecular complexity index is 830. The van der Waals surface area contributed by atoms with Crippen LogP contribution in [0.2, 0.25) is 0 Å². The van der Waals surface area contributed by atoms with Gasteiger partial charge in [-0.3, -0.25) is 10.1 Å². The van der Waals surface area contributed by atoms with Crippen molar-refractivity contribution in [1.82, 2.24) is 5.32 Å². The standard InChI is InChI=1S/C21H25N3O5/c1-4-24(5-2)17-10-6-15(7-11-17)20(26)29-14-19(25)23-21(27)22-16-8-12-18(28-3)13-9-16/h6-13H,4-5,14H2,1-3H3,(H2,22,23,25,27). The Hall–Kier alpha value is -3.55. The minimum atomic E-state index is -0.732.